The highest BCUT2D eigenvalue weighted by molar-refractivity contribution is 5.49. The molecule has 5 heteroatoms. The van der Waals surface area contributed by atoms with E-state index in [9.17, 15) is 10.1 Å². The van der Waals surface area contributed by atoms with Crippen molar-refractivity contribution in [2.75, 3.05) is 25.0 Å². The van der Waals surface area contributed by atoms with Crippen LogP contribution in [0.4, 0.5) is 11.4 Å². The Balaban J connectivity index is 1.84. The molecule has 1 aliphatic heterocycles. The minimum atomic E-state index is -0.364. The molecule has 5 nitrogen and oxygen atoms in total. The minimum Gasteiger partial charge on any atom is -0.382 e. The molecule has 2 rings (SSSR count). The lowest BCUT2D eigenvalue weighted by Gasteiger charge is -2.35. The predicted octanol–water partition coefficient (Wildman–Crippen LogP) is 3.52. The van der Waals surface area contributed by atoms with Crippen LogP contribution in [0.2, 0.25) is 0 Å². The Kier molecular flexibility index (Phi) is 5.56. The van der Waals surface area contributed by atoms with E-state index in [4.69, 9.17) is 0 Å². The molecular formula is C16H25N3O2. The molecule has 0 spiro atoms. The predicted molar refractivity (Wildman–Crippen MR) is 85.6 cm³/mol. The molecule has 0 saturated carbocycles. The number of nitro benzene ring substituents is 1. The second-order valence-corrected chi connectivity index (χ2v) is 5.92. The van der Waals surface area contributed by atoms with Gasteiger partial charge >= 0.3 is 0 Å². The van der Waals surface area contributed by atoms with Crippen molar-refractivity contribution in [3.05, 3.63) is 34.4 Å². The summed E-state index contributed by atoms with van der Waals surface area (Å²) in [5.74, 6) is 0.674. The van der Waals surface area contributed by atoms with Gasteiger partial charge < -0.3 is 10.2 Å². The lowest BCUT2D eigenvalue weighted by atomic mass is 9.90. The maximum Gasteiger partial charge on any atom is 0.269 e. The van der Waals surface area contributed by atoms with Crippen molar-refractivity contribution in [1.29, 1.82) is 0 Å². The number of hydrogen-bond acceptors (Lipinski definition) is 4. The van der Waals surface area contributed by atoms with E-state index in [1.165, 1.54) is 38.9 Å². The first kappa shape index (κ1) is 15.8. The number of rotatable bonds is 6. The van der Waals surface area contributed by atoms with Crippen LogP contribution in [-0.4, -0.2) is 35.5 Å². The molecule has 1 saturated heterocycles. The monoisotopic (exact) mass is 291 g/mol. The second-order valence-electron chi connectivity index (χ2n) is 5.92. The van der Waals surface area contributed by atoms with Gasteiger partial charge in [-0.2, -0.15) is 0 Å². The number of non-ortho nitro benzene ring substituents is 1. The van der Waals surface area contributed by atoms with Gasteiger partial charge in [0, 0.05) is 23.9 Å². The fraction of sp³-hybridized carbons (Fsp3) is 0.625. The van der Waals surface area contributed by atoms with Crippen LogP contribution in [0.25, 0.3) is 0 Å². The summed E-state index contributed by atoms with van der Waals surface area (Å²) in [6.07, 6.45) is 3.67. The molecule has 1 N–H and O–H groups in total. The molecular weight excluding hydrogens is 266 g/mol. The van der Waals surface area contributed by atoms with Crippen LogP contribution in [0.1, 0.15) is 33.1 Å². The highest BCUT2D eigenvalue weighted by Crippen LogP contribution is 2.24. The van der Waals surface area contributed by atoms with Crippen LogP contribution in [0.5, 0.6) is 0 Å². The van der Waals surface area contributed by atoms with Gasteiger partial charge in [-0.05, 0) is 63.9 Å². The van der Waals surface area contributed by atoms with Gasteiger partial charge in [0.15, 0.2) is 0 Å². The molecule has 1 heterocycles. The molecule has 1 aromatic rings. The highest BCUT2D eigenvalue weighted by Gasteiger charge is 2.23. The minimum absolute atomic E-state index is 0.140. The molecule has 0 aromatic heterocycles. The third-order valence-corrected chi connectivity index (χ3v) is 4.35. The number of nitrogens with one attached hydrogen (secondary N) is 1. The van der Waals surface area contributed by atoms with Gasteiger partial charge in [0.1, 0.15) is 0 Å². The number of likely N-dealkylation sites (tertiary alicyclic amines) is 1. The van der Waals surface area contributed by atoms with Crippen molar-refractivity contribution in [2.45, 2.75) is 39.2 Å². The summed E-state index contributed by atoms with van der Waals surface area (Å²) in [6, 6.07) is 7.09. The molecule has 0 bridgehead atoms. The Morgan fingerprint density at radius 1 is 1.33 bits per heavy atom. The van der Waals surface area contributed by atoms with E-state index in [1.807, 2.05) is 0 Å². The zero-order valence-corrected chi connectivity index (χ0v) is 12.9. The summed E-state index contributed by atoms with van der Waals surface area (Å²) in [7, 11) is 0. The molecule has 0 radical (unpaired) electrons. The van der Waals surface area contributed by atoms with Crippen LogP contribution in [-0.2, 0) is 0 Å². The summed E-state index contributed by atoms with van der Waals surface area (Å²) >= 11 is 0. The van der Waals surface area contributed by atoms with Crippen molar-refractivity contribution >= 4 is 11.4 Å². The van der Waals surface area contributed by atoms with E-state index >= 15 is 0 Å². The average molecular weight is 291 g/mol. The molecule has 1 atom stereocenters. The normalized spacial score (nSPS) is 18.4. The Morgan fingerprint density at radius 2 is 1.95 bits per heavy atom. The average Bonchev–Trinajstić information content (AvgIpc) is 2.49. The van der Waals surface area contributed by atoms with E-state index in [2.05, 4.69) is 24.1 Å². The van der Waals surface area contributed by atoms with Crippen LogP contribution in [0.15, 0.2) is 24.3 Å². The lowest BCUT2D eigenvalue weighted by Crippen LogP contribution is -2.39. The Labute approximate surface area is 126 Å². The first-order valence-corrected chi connectivity index (χ1v) is 7.83. The van der Waals surface area contributed by atoms with E-state index in [0.717, 1.165) is 5.69 Å². The van der Waals surface area contributed by atoms with Crippen molar-refractivity contribution in [2.24, 2.45) is 5.92 Å². The van der Waals surface area contributed by atoms with E-state index in [-0.39, 0.29) is 10.6 Å². The van der Waals surface area contributed by atoms with Gasteiger partial charge in [-0.3, -0.25) is 10.1 Å². The Hall–Kier alpha value is -1.62. The molecule has 0 aliphatic carbocycles. The first-order chi connectivity index (χ1) is 10.1. The summed E-state index contributed by atoms with van der Waals surface area (Å²) in [4.78, 5) is 12.8. The lowest BCUT2D eigenvalue weighted by molar-refractivity contribution is -0.384. The number of nitro groups is 1. The second kappa shape index (κ2) is 7.41. The van der Waals surface area contributed by atoms with Crippen LogP contribution >= 0.6 is 0 Å². The molecule has 116 valence electrons. The van der Waals surface area contributed by atoms with E-state index in [1.54, 1.807) is 24.3 Å². The van der Waals surface area contributed by atoms with Crippen molar-refractivity contribution in [3.8, 4) is 0 Å². The molecule has 21 heavy (non-hydrogen) atoms. The number of hydrogen-bond donors (Lipinski definition) is 1. The van der Waals surface area contributed by atoms with Gasteiger partial charge in [0.2, 0.25) is 0 Å². The number of piperidine rings is 1. The Morgan fingerprint density at radius 3 is 2.48 bits per heavy atom. The Bertz CT molecular complexity index is 453. The summed E-state index contributed by atoms with van der Waals surface area (Å²) in [5.41, 5.74) is 1.10. The molecule has 1 aliphatic rings. The van der Waals surface area contributed by atoms with Gasteiger partial charge in [-0.25, -0.2) is 0 Å². The van der Waals surface area contributed by atoms with Gasteiger partial charge in [-0.1, -0.05) is 6.92 Å². The first-order valence-electron chi connectivity index (χ1n) is 7.83. The largest absolute Gasteiger partial charge is 0.382 e. The van der Waals surface area contributed by atoms with Crippen molar-refractivity contribution in [3.63, 3.8) is 0 Å². The molecule has 0 amide bonds. The van der Waals surface area contributed by atoms with Crippen molar-refractivity contribution in [1.82, 2.24) is 4.90 Å². The third kappa shape index (κ3) is 4.43. The topological polar surface area (TPSA) is 58.4 Å². The van der Waals surface area contributed by atoms with Crippen LogP contribution < -0.4 is 5.32 Å². The van der Waals surface area contributed by atoms with Gasteiger partial charge in [-0.15, -0.1) is 0 Å². The number of nitrogens with zero attached hydrogens (tertiary/aromatic N) is 2. The maximum absolute atomic E-state index is 10.6. The standard InChI is InChI=1S/C16H25N3O2/c1-3-10-18-11-8-14(9-12-18)13(2)17-15-4-6-16(7-5-15)19(20)21/h4-7,13-14,17H,3,8-12H2,1-2H3. The smallest absolute Gasteiger partial charge is 0.269 e. The van der Waals surface area contributed by atoms with Crippen LogP contribution in [0.3, 0.4) is 0 Å². The molecule has 1 fully saturated rings. The van der Waals surface area contributed by atoms with E-state index in [0.29, 0.717) is 12.0 Å². The third-order valence-electron chi connectivity index (χ3n) is 4.35. The summed E-state index contributed by atoms with van der Waals surface area (Å²) in [6.45, 7) is 8.01. The fourth-order valence-corrected chi connectivity index (χ4v) is 3.05. The highest BCUT2D eigenvalue weighted by atomic mass is 16.6. The van der Waals surface area contributed by atoms with E-state index < -0.39 is 0 Å². The van der Waals surface area contributed by atoms with Gasteiger partial charge in [0.25, 0.3) is 5.69 Å². The fourth-order valence-electron chi connectivity index (χ4n) is 3.05. The molecule has 1 unspecified atom stereocenters. The quantitative estimate of drug-likeness (QED) is 0.643. The summed E-state index contributed by atoms with van der Waals surface area (Å²) in [5, 5.41) is 14.1. The summed E-state index contributed by atoms with van der Waals surface area (Å²) < 4.78 is 0. The SMILES string of the molecule is CCCN1CCC(C(C)Nc2ccc([N+](=O)[O-])cc2)CC1. The van der Waals surface area contributed by atoms with Crippen molar-refractivity contribution < 1.29 is 4.92 Å². The zero-order valence-electron chi connectivity index (χ0n) is 12.9. The van der Waals surface area contributed by atoms with Crippen LogP contribution in [0, 0.1) is 16.0 Å². The molecule has 1 aromatic carbocycles. The maximum atomic E-state index is 10.6. The zero-order chi connectivity index (χ0) is 15.2. The van der Waals surface area contributed by atoms with Gasteiger partial charge in [0.05, 0.1) is 4.92 Å². The number of anilines is 1. The number of benzene rings is 1.